The number of hydrogen-bond donors (Lipinski definition) is 1. The highest BCUT2D eigenvalue weighted by Crippen LogP contribution is 2.38. The number of nitrogens with one attached hydrogen (secondary N) is 1. The van der Waals surface area contributed by atoms with E-state index < -0.39 is 5.79 Å². The lowest BCUT2D eigenvalue weighted by molar-refractivity contribution is -0.122. The van der Waals surface area contributed by atoms with Crippen LogP contribution in [0.25, 0.3) is 0 Å². The molecule has 0 radical (unpaired) electrons. The van der Waals surface area contributed by atoms with E-state index in [-0.39, 0.29) is 17.2 Å². The van der Waals surface area contributed by atoms with Crippen LogP contribution in [0.1, 0.15) is 40.5 Å². The Hall–Kier alpha value is -0.440. The number of carbonyl (C=O) groups excluding carboxylic acids is 1. The lowest BCUT2D eigenvalue weighted by Gasteiger charge is -2.30. The summed E-state index contributed by atoms with van der Waals surface area (Å²) in [7, 11) is 0. The fraction of sp³-hybridized carbons (Fsp3) is 0.900. The van der Waals surface area contributed by atoms with E-state index >= 15 is 0 Å². The molecule has 0 aromatic rings. The van der Waals surface area contributed by atoms with E-state index in [1.165, 1.54) is 6.92 Å². The second kappa shape index (κ2) is 3.05. The lowest BCUT2D eigenvalue weighted by atomic mass is 9.84. The molecule has 1 rings (SSSR count). The van der Waals surface area contributed by atoms with Crippen molar-refractivity contribution in [3.8, 4) is 0 Å². The van der Waals surface area contributed by atoms with Crippen molar-refractivity contribution >= 4 is 5.78 Å². The zero-order valence-electron chi connectivity index (χ0n) is 8.78. The molecule has 0 spiro atoms. The van der Waals surface area contributed by atoms with Gasteiger partial charge in [-0.3, -0.25) is 10.1 Å². The highest BCUT2D eigenvalue weighted by molar-refractivity contribution is 5.82. The molecule has 1 unspecified atom stereocenters. The Kier molecular flexibility index (Phi) is 2.50. The van der Waals surface area contributed by atoms with Gasteiger partial charge in [0.05, 0.1) is 6.04 Å². The number of alkyl halides is 1. The average Bonchev–Trinajstić information content (AvgIpc) is 2.61. The summed E-state index contributed by atoms with van der Waals surface area (Å²) in [6, 6.07) is -0.375. The maximum atomic E-state index is 13.4. The van der Waals surface area contributed by atoms with E-state index in [0.717, 1.165) is 0 Å². The fourth-order valence-electron chi connectivity index (χ4n) is 1.44. The maximum absolute atomic E-state index is 13.4. The molecule has 1 aliphatic carbocycles. The van der Waals surface area contributed by atoms with Gasteiger partial charge in [-0.05, 0) is 25.2 Å². The zero-order chi connectivity index (χ0) is 10.3. The second-order valence-electron chi connectivity index (χ2n) is 5.02. The number of Topliss-reactive ketones (excluding diaryl/α,β-unsaturated/α-hetero) is 1. The molecule has 0 amide bonds. The van der Waals surface area contributed by atoms with Gasteiger partial charge in [-0.25, -0.2) is 4.39 Å². The molecule has 76 valence electrons. The third-order valence-corrected chi connectivity index (χ3v) is 2.36. The first-order chi connectivity index (χ1) is 5.75. The molecule has 2 nitrogen and oxygen atoms in total. The van der Waals surface area contributed by atoms with E-state index in [1.807, 2.05) is 20.8 Å². The van der Waals surface area contributed by atoms with Crippen molar-refractivity contribution in [2.45, 2.75) is 52.4 Å². The number of rotatable bonds is 3. The van der Waals surface area contributed by atoms with Crippen LogP contribution in [0.2, 0.25) is 0 Å². The molecule has 13 heavy (non-hydrogen) atoms. The van der Waals surface area contributed by atoms with Crippen LogP contribution in [-0.4, -0.2) is 17.6 Å². The van der Waals surface area contributed by atoms with Gasteiger partial charge in [0.15, 0.2) is 5.79 Å². The summed E-state index contributed by atoms with van der Waals surface area (Å²) >= 11 is 0. The van der Waals surface area contributed by atoms with Gasteiger partial charge in [-0.1, -0.05) is 20.8 Å². The Morgan fingerprint density at radius 3 is 2.15 bits per heavy atom. The van der Waals surface area contributed by atoms with Gasteiger partial charge in [-0.2, -0.15) is 0 Å². The Balaban J connectivity index is 2.63. The van der Waals surface area contributed by atoms with Crippen LogP contribution in [0.4, 0.5) is 4.39 Å². The molecule has 1 fully saturated rings. The zero-order valence-corrected chi connectivity index (χ0v) is 8.78. The van der Waals surface area contributed by atoms with Gasteiger partial charge in [0.25, 0.3) is 0 Å². The maximum Gasteiger partial charge on any atom is 0.162 e. The van der Waals surface area contributed by atoms with Crippen LogP contribution >= 0.6 is 0 Å². The predicted molar refractivity (Wildman–Crippen MR) is 50.1 cm³/mol. The molecule has 1 saturated carbocycles. The third-order valence-electron chi connectivity index (χ3n) is 2.36. The minimum atomic E-state index is -1.26. The largest absolute Gasteiger partial charge is 0.298 e. The highest BCUT2D eigenvalue weighted by Gasteiger charge is 2.47. The molecule has 0 aromatic carbocycles. The molecule has 0 heterocycles. The Morgan fingerprint density at radius 2 is 1.92 bits per heavy atom. The summed E-state index contributed by atoms with van der Waals surface area (Å²) in [6.45, 7) is 7.34. The van der Waals surface area contributed by atoms with Crippen molar-refractivity contribution in [3.05, 3.63) is 0 Å². The van der Waals surface area contributed by atoms with Crippen LogP contribution in [-0.2, 0) is 4.79 Å². The Labute approximate surface area is 78.9 Å². The number of halogens is 1. The van der Waals surface area contributed by atoms with Crippen LogP contribution in [0, 0.1) is 5.41 Å². The van der Waals surface area contributed by atoms with Gasteiger partial charge in [0.1, 0.15) is 5.78 Å². The van der Waals surface area contributed by atoms with E-state index in [9.17, 15) is 9.18 Å². The standard InChI is InChI=1S/C10H18FNO/c1-7(13)8(9(2,3)4)12-10(11)5-6-10/h8,12H,5-6H2,1-4H3. The van der Waals surface area contributed by atoms with Crippen molar-refractivity contribution in [2.75, 3.05) is 0 Å². The summed E-state index contributed by atoms with van der Waals surface area (Å²) < 4.78 is 13.4. The van der Waals surface area contributed by atoms with E-state index in [4.69, 9.17) is 0 Å². The fourth-order valence-corrected chi connectivity index (χ4v) is 1.44. The van der Waals surface area contributed by atoms with E-state index in [0.29, 0.717) is 12.8 Å². The molecular weight excluding hydrogens is 169 g/mol. The number of ketones is 1. The lowest BCUT2D eigenvalue weighted by Crippen LogP contribution is -2.49. The summed E-state index contributed by atoms with van der Waals surface area (Å²) in [4.78, 5) is 11.3. The van der Waals surface area contributed by atoms with Gasteiger partial charge < -0.3 is 0 Å². The second-order valence-corrected chi connectivity index (χ2v) is 5.02. The first kappa shape index (κ1) is 10.6. The van der Waals surface area contributed by atoms with Crippen LogP contribution in [0.5, 0.6) is 0 Å². The summed E-state index contributed by atoms with van der Waals surface area (Å²) in [6.07, 6.45) is 1.07. The van der Waals surface area contributed by atoms with E-state index in [1.54, 1.807) is 0 Å². The molecule has 1 aliphatic rings. The minimum absolute atomic E-state index is 0.0106. The van der Waals surface area contributed by atoms with Gasteiger partial charge >= 0.3 is 0 Å². The molecule has 1 atom stereocenters. The van der Waals surface area contributed by atoms with Crippen molar-refractivity contribution in [3.63, 3.8) is 0 Å². The van der Waals surface area contributed by atoms with Crippen LogP contribution in [0.15, 0.2) is 0 Å². The van der Waals surface area contributed by atoms with Crippen LogP contribution < -0.4 is 5.32 Å². The molecule has 3 heteroatoms. The minimum Gasteiger partial charge on any atom is -0.298 e. The highest BCUT2D eigenvalue weighted by atomic mass is 19.1. The van der Waals surface area contributed by atoms with Gasteiger partial charge in [-0.15, -0.1) is 0 Å². The first-order valence-electron chi connectivity index (χ1n) is 4.72. The predicted octanol–water partition coefficient (Wildman–Crippen LogP) is 2.04. The normalized spacial score (nSPS) is 22.5. The van der Waals surface area contributed by atoms with Crippen molar-refractivity contribution in [1.82, 2.24) is 5.32 Å². The quantitative estimate of drug-likeness (QED) is 0.685. The molecular formula is C10H18FNO. The summed E-state index contributed by atoms with van der Waals surface area (Å²) in [5.41, 5.74) is -0.215. The van der Waals surface area contributed by atoms with Gasteiger partial charge in [0.2, 0.25) is 0 Å². The van der Waals surface area contributed by atoms with Crippen molar-refractivity contribution in [1.29, 1.82) is 0 Å². The third kappa shape index (κ3) is 2.76. The van der Waals surface area contributed by atoms with Gasteiger partial charge in [0, 0.05) is 0 Å². The SMILES string of the molecule is CC(=O)C(NC1(F)CC1)C(C)(C)C. The topological polar surface area (TPSA) is 29.1 Å². The van der Waals surface area contributed by atoms with E-state index in [2.05, 4.69) is 5.32 Å². The molecule has 0 bridgehead atoms. The Bertz CT molecular complexity index is 215. The molecule has 0 aromatic heterocycles. The molecule has 0 saturated heterocycles. The van der Waals surface area contributed by atoms with Crippen molar-refractivity contribution < 1.29 is 9.18 Å². The smallest absolute Gasteiger partial charge is 0.162 e. The van der Waals surface area contributed by atoms with Crippen LogP contribution in [0.3, 0.4) is 0 Å². The molecule has 0 aliphatic heterocycles. The monoisotopic (exact) mass is 187 g/mol. The Morgan fingerprint density at radius 1 is 1.46 bits per heavy atom. The number of carbonyl (C=O) groups is 1. The van der Waals surface area contributed by atoms with Crippen molar-refractivity contribution in [2.24, 2.45) is 5.41 Å². The number of hydrogen-bond acceptors (Lipinski definition) is 2. The molecule has 1 N–H and O–H groups in total. The first-order valence-corrected chi connectivity index (χ1v) is 4.72. The summed E-state index contributed by atoms with van der Waals surface area (Å²) in [5.74, 6) is -1.25. The average molecular weight is 187 g/mol. The summed E-state index contributed by atoms with van der Waals surface area (Å²) in [5, 5.41) is 2.79.